The molecule has 0 aromatic heterocycles. The summed E-state index contributed by atoms with van der Waals surface area (Å²) in [6.45, 7) is 0.673. The molecule has 1 heterocycles. The maximum Gasteiger partial charge on any atom is 0.127 e. The molecule has 0 saturated carbocycles. The lowest BCUT2D eigenvalue weighted by molar-refractivity contribution is 0.327. The Morgan fingerprint density at radius 3 is 1.74 bits per heavy atom. The molecule has 39 heavy (non-hydrogen) atoms. The van der Waals surface area contributed by atoms with Crippen molar-refractivity contribution in [2.24, 2.45) is 0 Å². The van der Waals surface area contributed by atoms with Crippen LogP contribution in [0.15, 0.2) is 133 Å². The van der Waals surface area contributed by atoms with Crippen molar-refractivity contribution in [3.63, 3.8) is 0 Å². The van der Waals surface area contributed by atoms with Gasteiger partial charge in [-0.25, -0.2) is 0 Å². The molecule has 0 atom stereocenters. The first-order valence-corrected chi connectivity index (χ1v) is 13.6. The summed E-state index contributed by atoms with van der Waals surface area (Å²) < 4.78 is 6.46. The van der Waals surface area contributed by atoms with E-state index in [-0.39, 0.29) is 0 Å². The zero-order valence-electron chi connectivity index (χ0n) is 21.5. The third-order valence-corrected chi connectivity index (χ3v) is 8.21. The highest BCUT2D eigenvalue weighted by atomic mass is 16.5. The summed E-state index contributed by atoms with van der Waals surface area (Å²) in [5.74, 6) is 0.960. The molecule has 1 heteroatoms. The smallest absolute Gasteiger partial charge is 0.127 e. The van der Waals surface area contributed by atoms with Gasteiger partial charge < -0.3 is 4.74 Å². The van der Waals surface area contributed by atoms with Crippen LogP contribution < -0.4 is 4.74 Å². The van der Waals surface area contributed by atoms with E-state index in [1.807, 2.05) is 0 Å². The predicted molar refractivity (Wildman–Crippen MR) is 164 cm³/mol. The molecule has 1 aliphatic rings. The molecule has 0 fully saturated rings. The minimum atomic E-state index is 0.673. The van der Waals surface area contributed by atoms with Crippen molar-refractivity contribution in [2.45, 2.75) is 6.42 Å². The highest BCUT2D eigenvalue weighted by molar-refractivity contribution is 6.22. The molecule has 0 spiro atoms. The van der Waals surface area contributed by atoms with Crippen molar-refractivity contribution < 1.29 is 4.74 Å². The van der Waals surface area contributed by atoms with Crippen molar-refractivity contribution in [1.29, 1.82) is 0 Å². The molecule has 0 amide bonds. The zero-order valence-corrected chi connectivity index (χ0v) is 21.5. The molecule has 1 aliphatic heterocycles. The first-order valence-electron chi connectivity index (χ1n) is 13.6. The van der Waals surface area contributed by atoms with Crippen LogP contribution in [-0.4, -0.2) is 6.61 Å². The second-order valence-corrected chi connectivity index (χ2v) is 10.3. The molecule has 0 bridgehead atoms. The van der Waals surface area contributed by atoms with E-state index in [9.17, 15) is 0 Å². The van der Waals surface area contributed by atoms with E-state index in [1.165, 1.54) is 71.3 Å². The number of hydrogen-bond acceptors (Lipinski definition) is 1. The van der Waals surface area contributed by atoms with Crippen LogP contribution in [0.1, 0.15) is 5.56 Å². The van der Waals surface area contributed by atoms with Crippen molar-refractivity contribution >= 4 is 32.3 Å². The summed E-state index contributed by atoms with van der Waals surface area (Å²) in [5.41, 5.74) is 8.85. The Hall–Kier alpha value is -4.88. The summed E-state index contributed by atoms with van der Waals surface area (Å²) in [4.78, 5) is 0. The molecule has 0 N–H and O–H groups in total. The molecule has 0 aliphatic carbocycles. The monoisotopic (exact) mass is 498 g/mol. The van der Waals surface area contributed by atoms with Crippen LogP contribution in [-0.2, 0) is 6.42 Å². The molecule has 0 radical (unpaired) electrons. The van der Waals surface area contributed by atoms with E-state index in [1.54, 1.807) is 0 Å². The fourth-order valence-electron chi connectivity index (χ4n) is 6.57. The SMILES string of the molecule is c1ccc(-c2c3ccccc3c(-c3cccc4c3-c3ccc5ccccc5c3CCO4)c3ccccc23)cc1. The van der Waals surface area contributed by atoms with Gasteiger partial charge in [-0.3, -0.25) is 0 Å². The lowest BCUT2D eigenvalue weighted by atomic mass is 9.82. The summed E-state index contributed by atoms with van der Waals surface area (Å²) in [5, 5.41) is 7.65. The topological polar surface area (TPSA) is 9.23 Å². The number of benzene rings is 7. The molecule has 8 rings (SSSR count). The Morgan fingerprint density at radius 1 is 0.410 bits per heavy atom. The van der Waals surface area contributed by atoms with E-state index >= 15 is 0 Å². The molecule has 184 valence electrons. The van der Waals surface area contributed by atoms with E-state index in [0.717, 1.165) is 12.2 Å². The maximum absolute atomic E-state index is 6.46. The summed E-state index contributed by atoms with van der Waals surface area (Å²) in [6.07, 6.45) is 0.888. The standard InChI is InChI=1S/C38H26O/c1-2-12-26(13-3-1)36-29-15-6-8-17-31(29)37(32-18-9-7-16-30(32)36)34-19-10-20-35-38(34)33-22-21-25-11-4-5-14-27(25)28(33)23-24-39-35/h1-22H,23-24H2. The van der Waals surface area contributed by atoms with Crippen LogP contribution in [0.25, 0.3) is 65.7 Å². The van der Waals surface area contributed by atoms with Crippen LogP contribution >= 0.6 is 0 Å². The summed E-state index contributed by atoms with van der Waals surface area (Å²) in [7, 11) is 0. The van der Waals surface area contributed by atoms with Crippen LogP contribution in [0.2, 0.25) is 0 Å². The van der Waals surface area contributed by atoms with Crippen LogP contribution in [0.4, 0.5) is 0 Å². The Bertz CT molecular complexity index is 1980. The lowest BCUT2D eigenvalue weighted by Crippen LogP contribution is -1.99. The van der Waals surface area contributed by atoms with Crippen molar-refractivity contribution in [3.05, 3.63) is 139 Å². The van der Waals surface area contributed by atoms with E-state index in [0.29, 0.717) is 6.61 Å². The van der Waals surface area contributed by atoms with Gasteiger partial charge in [-0.05, 0) is 71.8 Å². The van der Waals surface area contributed by atoms with Gasteiger partial charge in [-0.2, -0.15) is 0 Å². The van der Waals surface area contributed by atoms with E-state index < -0.39 is 0 Å². The van der Waals surface area contributed by atoms with Crippen molar-refractivity contribution in [1.82, 2.24) is 0 Å². The highest BCUT2D eigenvalue weighted by Gasteiger charge is 2.24. The summed E-state index contributed by atoms with van der Waals surface area (Å²) >= 11 is 0. The second-order valence-electron chi connectivity index (χ2n) is 10.3. The average Bonchev–Trinajstić information content (AvgIpc) is 3.20. The Kier molecular flexibility index (Phi) is 5.03. The number of ether oxygens (including phenoxy) is 1. The first-order chi connectivity index (χ1) is 19.4. The second kappa shape index (κ2) is 8.85. The van der Waals surface area contributed by atoms with Crippen LogP contribution in [0.3, 0.4) is 0 Å². The van der Waals surface area contributed by atoms with Gasteiger partial charge in [0.05, 0.1) is 6.61 Å². The van der Waals surface area contributed by atoms with Crippen LogP contribution in [0.5, 0.6) is 5.75 Å². The molecule has 1 nitrogen and oxygen atoms in total. The molecular weight excluding hydrogens is 472 g/mol. The van der Waals surface area contributed by atoms with E-state index in [2.05, 4.69) is 133 Å². The van der Waals surface area contributed by atoms with Gasteiger partial charge >= 0.3 is 0 Å². The summed E-state index contributed by atoms with van der Waals surface area (Å²) in [6, 6.07) is 48.4. The zero-order chi connectivity index (χ0) is 25.8. The number of hydrogen-bond donors (Lipinski definition) is 0. The predicted octanol–water partition coefficient (Wildman–Crippen LogP) is 10.1. The van der Waals surface area contributed by atoms with Gasteiger partial charge in [0.2, 0.25) is 0 Å². The van der Waals surface area contributed by atoms with Gasteiger partial charge in [0.1, 0.15) is 5.75 Å². The number of fused-ring (bicyclic) bond motifs is 7. The molecule has 7 aromatic carbocycles. The molecule has 7 aromatic rings. The average molecular weight is 499 g/mol. The third-order valence-electron chi connectivity index (χ3n) is 8.21. The molecular formula is C38H26O. The minimum absolute atomic E-state index is 0.673. The highest BCUT2D eigenvalue weighted by Crippen LogP contribution is 2.49. The fourth-order valence-corrected chi connectivity index (χ4v) is 6.57. The van der Waals surface area contributed by atoms with Gasteiger partial charge in [0.25, 0.3) is 0 Å². The van der Waals surface area contributed by atoms with Gasteiger partial charge in [0, 0.05) is 12.0 Å². The maximum atomic E-state index is 6.46. The van der Waals surface area contributed by atoms with Gasteiger partial charge in [-0.15, -0.1) is 0 Å². The number of rotatable bonds is 2. The Labute approximate surface area is 227 Å². The Balaban J connectivity index is 1.53. The minimum Gasteiger partial charge on any atom is -0.493 e. The lowest BCUT2D eigenvalue weighted by Gasteiger charge is -2.21. The molecule has 0 unspecified atom stereocenters. The van der Waals surface area contributed by atoms with Gasteiger partial charge in [-0.1, -0.05) is 127 Å². The molecule has 0 saturated heterocycles. The van der Waals surface area contributed by atoms with Crippen molar-refractivity contribution in [3.8, 4) is 39.1 Å². The fraction of sp³-hybridized carbons (Fsp3) is 0.0526. The van der Waals surface area contributed by atoms with Crippen molar-refractivity contribution in [2.75, 3.05) is 6.61 Å². The van der Waals surface area contributed by atoms with E-state index in [4.69, 9.17) is 4.74 Å². The Morgan fingerprint density at radius 2 is 1.03 bits per heavy atom. The van der Waals surface area contributed by atoms with Gasteiger partial charge in [0.15, 0.2) is 0 Å². The quantitative estimate of drug-likeness (QED) is 0.215. The first kappa shape index (κ1) is 22.1. The third kappa shape index (κ3) is 3.40. The normalized spacial score (nSPS) is 12.6. The largest absolute Gasteiger partial charge is 0.493 e. The van der Waals surface area contributed by atoms with Crippen LogP contribution in [0, 0.1) is 0 Å².